The molecular formula is C23H27N5O4. The maximum Gasteiger partial charge on any atom is 0.260 e. The molecule has 32 heavy (non-hydrogen) atoms. The molecule has 1 aliphatic rings. The first kappa shape index (κ1) is 21.8. The van der Waals surface area contributed by atoms with E-state index in [4.69, 9.17) is 19.2 Å². The van der Waals surface area contributed by atoms with Crippen LogP contribution in [-0.4, -0.2) is 53.0 Å². The van der Waals surface area contributed by atoms with Gasteiger partial charge >= 0.3 is 0 Å². The average molecular weight is 438 g/mol. The molecule has 0 saturated heterocycles. The second-order valence-corrected chi connectivity index (χ2v) is 7.54. The van der Waals surface area contributed by atoms with Crippen LogP contribution < -0.4 is 14.4 Å². The standard InChI is InChI=1S/C23H27N5O4/c1-4-5-6-31-7-8-32-20-10-16(11-24-22(20)30-3)18-9-15(2)21-19(27-18)14-28(23(21)29)17-12-25-26-13-17/h9-13H,4-8,14H2,1-3H3,(H,25,26). The molecule has 0 atom stereocenters. The van der Waals surface area contributed by atoms with Crippen molar-refractivity contribution >= 4 is 11.6 Å². The summed E-state index contributed by atoms with van der Waals surface area (Å²) in [4.78, 5) is 23.7. The average Bonchev–Trinajstić information content (AvgIpc) is 3.44. The summed E-state index contributed by atoms with van der Waals surface area (Å²) in [6.07, 6.45) is 7.15. The summed E-state index contributed by atoms with van der Waals surface area (Å²) >= 11 is 0. The van der Waals surface area contributed by atoms with Crippen LogP contribution >= 0.6 is 0 Å². The number of amides is 1. The Balaban J connectivity index is 1.55. The quantitative estimate of drug-likeness (QED) is 0.484. The van der Waals surface area contributed by atoms with E-state index in [1.54, 1.807) is 30.6 Å². The van der Waals surface area contributed by atoms with Crippen LogP contribution in [0.5, 0.6) is 11.6 Å². The van der Waals surface area contributed by atoms with Crippen LogP contribution in [0.1, 0.15) is 41.4 Å². The largest absolute Gasteiger partial charge is 0.486 e. The molecule has 0 saturated carbocycles. The first-order valence-corrected chi connectivity index (χ1v) is 10.7. The predicted octanol–water partition coefficient (Wildman–Crippen LogP) is 3.54. The number of aromatic amines is 1. The molecule has 0 aromatic carbocycles. The zero-order chi connectivity index (χ0) is 22.5. The number of nitrogens with zero attached hydrogens (tertiary/aromatic N) is 4. The van der Waals surface area contributed by atoms with Crippen LogP contribution in [0, 0.1) is 6.92 Å². The van der Waals surface area contributed by atoms with E-state index in [2.05, 4.69) is 22.1 Å². The normalized spacial score (nSPS) is 12.8. The van der Waals surface area contributed by atoms with E-state index in [9.17, 15) is 4.79 Å². The third-order valence-corrected chi connectivity index (χ3v) is 5.29. The second kappa shape index (κ2) is 9.78. The number of hydrogen-bond acceptors (Lipinski definition) is 7. The molecule has 1 aliphatic heterocycles. The van der Waals surface area contributed by atoms with E-state index >= 15 is 0 Å². The van der Waals surface area contributed by atoms with Crippen molar-refractivity contribution < 1.29 is 19.0 Å². The first-order chi connectivity index (χ1) is 15.6. The number of unbranched alkanes of at least 4 members (excludes halogenated alkanes) is 1. The van der Waals surface area contributed by atoms with Crippen LogP contribution in [0.15, 0.2) is 30.7 Å². The van der Waals surface area contributed by atoms with Gasteiger partial charge in [-0.15, -0.1) is 0 Å². The Morgan fingerprint density at radius 3 is 2.81 bits per heavy atom. The van der Waals surface area contributed by atoms with Crippen molar-refractivity contribution in [3.05, 3.63) is 47.5 Å². The van der Waals surface area contributed by atoms with E-state index in [1.807, 2.05) is 19.1 Å². The minimum Gasteiger partial charge on any atom is -0.486 e. The molecule has 0 unspecified atom stereocenters. The van der Waals surface area contributed by atoms with Gasteiger partial charge in [0.1, 0.15) is 6.61 Å². The van der Waals surface area contributed by atoms with Gasteiger partial charge in [-0.05, 0) is 31.0 Å². The minimum atomic E-state index is -0.0714. The number of ether oxygens (including phenoxy) is 3. The zero-order valence-corrected chi connectivity index (χ0v) is 18.6. The molecular weight excluding hydrogens is 410 g/mol. The molecule has 0 bridgehead atoms. The van der Waals surface area contributed by atoms with Crippen molar-refractivity contribution in [1.82, 2.24) is 20.2 Å². The number of rotatable bonds is 10. The Labute approximate surface area is 186 Å². The molecule has 1 N–H and O–H groups in total. The molecule has 9 heteroatoms. The Hall–Kier alpha value is -3.46. The lowest BCUT2D eigenvalue weighted by molar-refractivity contribution is 0.0967. The number of fused-ring (bicyclic) bond motifs is 1. The van der Waals surface area contributed by atoms with Gasteiger partial charge in [-0.2, -0.15) is 5.10 Å². The molecule has 0 fully saturated rings. The second-order valence-electron chi connectivity index (χ2n) is 7.54. The Kier molecular flexibility index (Phi) is 6.65. The van der Waals surface area contributed by atoms with E-state index in [-0.39, 0.29) is 5.91 Å². The molecule has 3 aromatic heterocycles. The molecule has 4 heterocycles. The van der Waals surface area contributed by atoms with Gasteiger partial charge in [-0.1, -0.05) is 13.3 Å². The van der Waals surface area contributed by atoms with Crippen LogP contribution in [0.2, 0.25) is 0 Å². The monoisotopic (exact) mass is 437 g/mol. The van der Waals surface area contributed by atoms with Crippen LogP contribution in [0.3, 0.4) is 0 Å². The molecule has 168 valence electrons. The molecule has 9 nitrogen and oxygen atoms in total. The third-order valence-electron chi connectivity index (χ3n) is 5.29. The van der Waals surface area contributed by atoms with Gasteiger partial charge in [0, 0.05) is 24.6 Å². The molecule has 1 amide bonds. The molecule has 4 rings (SSSR count). The van der Waals surface area contributed by atoms with Gasteiger partial charge in [0.05, 0.1) is 49.1 Å². The molecule has 0 aliphatic carbocycles. The maximum atomic E-state index is 12.9. The van der Waals surface area contributed by atoms with Crippen LogP contribution in [0.25, 0.3) is 11.3 Å². The number of nitrogens with one attached hydrogen (secondary N) is 1. The van der Waals surface area contributed by atoms with Crippen molar-refractivity contribution in [3.8, 4) is 22.9 Å². The highest BCUT2D eigenvalue weighted by atomic mass is 16.5. The van der Waals surface area contributed by atoms with E-state index < -0.39 is 0 Å². The van der Waals surface area contributed by atoms with Crippen molar-refractivity contribution in [1.29, 1.82) is 0 Å². The number of hydrogen-bond donors (Lipinski definition) is 1. The summed E-state index contributed by atoms with van der Waals surface area (Å²) in [6.45, 7) is 6.06. The van der Waals surface area contributed by atoms with Gasteiger partial charge < -0.3 is 14.2 Å². The lowest BCUT2D eigenvalue weighted by Crippen LogP contribution is -2.22. The van der Waals surface area contributed by atoms with Crippen molar-refractivity contribution in [2.45, 2.75) is 33.2 Å². The fourth-order valence-electron chi connectivity index (χ4n) is 3.64. The fraction of sp³-hybridized carbons (Fsp3) is 0.391. The van der Waals surface area contributed by atoms with E-state index in [0.29, 0.717) is 37.0 Å². The van der Waals surface area contributed by atoms with Crippen molar-refractivity contribution in [2.75, 3.05) is 31.8 Å². The number of aromatic nitrogens is 4. The van der Waals surface area contributed by atoms with E-state index in [0.717, 1.165) is 47.7 Å². The SMILES string of the molecule is CCCCOCCOc1cc(-c2cc(C)c3c(n2)CN(c2cn[nH]c2)C3=O)cnc1OC. The highest BCUT2D eigenvalue weighted by Gasteiger charge is 2.32. The van der Waals surface area contributed by atoms with Crippen molar-refractivity contribution in [2.24, 2.45) is 0 Å². The van der Waals surface area contributed by atoms with Gasteiger partial charge in [-0.25, -0.2) is 4.98 Å². The van der Waals surface area contributed by atoms with Gasteiger partial charge in [-0.3, -0.25) is 19.8 Å². The van der Waals surface area contributed by atoms with Gasteiger partial charge in [0.15, 0.2) is 5.75 Å². The van der Waals surface area contributed by atoms with Gasteiger partial charge in [0.2, 0.25) is 0 Å². The van der Waals surface area contributed by atoms with E-state index in [1.165, 1.54) is 0 Å². The summed E-state index contributed by atoms with van der Waals surface area (Å²) in [6, 6.07) is 3.76. The topological polar surface area (TPSA) is 102 Å². The zero-order valence-electron chi connectivity index (χ0n) is 18.6. The summed E-state index contributed by atoms with van der Waals surface area (Å²) in [5.74, 6) is 0.861. The number of H-pyrrole nitrogens is 1. The number of aryl methyl sites for hydroxylation is 1. The Bertz CT molecular complexity index is 1080. The van der Waals surface area contributed by atoms with Gasteiger partial charge in [0.25, 0.3) is 11.8 Å². The lowest BCUT2D eigenvalue weighted by atomic mass is 10.0. The number of carbonyl (C=O) groups is 1. The van der Waals surface area contributed by atoms with Crippen LogP contribution in [0.4, 0.5) is 5.69 Å². The number of methoxy groups -OCH3 is 1. The van der Waals surface area contributed by atoms with Crippen molar-refractivity contribution in [3.63, 3.8) is 0 Å². The smallest absolute Gasteiger partial charge is 0.260 e. The summed E-state index contributed by atoms with van der Waals surface area (Å²) in [7, 11) is 1.56. The summed E-state index contributed by atoms with van der Waals surface area (Å²) < 4.78 is 16.8. The number of anilines is 1. The highest BCUT2D eigenvalue weighted by molar-refractivity contribution is 6.10. The highest BCUT2D eigenvalue weighted by Crippen LogP contribution is 2.34. The number of carbonyl (C=O) groups excluding carboxylic acids is 1. The summed E-state index contributed by atoms with van der Waals surface area (Å²) in [5.41, 5.74) is 4.46. The maximum absolute atomic E-state index is 12.9. The minimum absolute atomic E-state index is 0.0714. The Morgan fingerprint density at radius 2 is 2.06 bits per heavy atom. The number of pyridine rings is 2. The lowest BCUT2D eigenvalue weighted by Gasteiger charge is -2.12. The molecule has 0 spiro atoms. The third kappa shape index (κ3) is 4.43. The first-order valence-electron chi connectivity index (χ1n) is 10.7. The van der Waals surface area contributed by atoms with Crippen LogP contribution in [-0.2, 0) is 11.3 Å². The fourth-order valence-corrected chi connectivity index (χ4v) is 3.64. The predicted molar refractivity (Wildman–Crippen MR) is 119 cm³/mol. The molecule has 3 aromatic rings. The molecule has 0 radical (unpaired) electrons. The summed E-state index contributed by atoms with van der Waals surface area (Å²) in [5, 5.41) is 6.69. The Morgan fingerprint density at radius 1 is 1.19 bits per heavy atom.